The van der Waals surface area contributed by atoms with E-state index in [1.807, 2.05) is 6.92 Å². The van der Waals surface area contributed by atoms with Crippen LogP contribution in [0.5, 0.6) is 0 Å². The average molecular weight is 200 g/mol. The number of nitrogens with zero attached hydrogens (tertiary/aromatic N) is 1. The van der Waals surface area contributed by atoms with E-state index in [1.54, 1.807) is 19.0 Å². The van der Waals surface area contributed by atoms with Crippen molar-refractivity contribution in [2.45, 2.75) is 46.2 Å². The van der Waals surface area contributed by atoms with Gasteiger partial charge in [-0.1, -0.05) is 20.3 Å². The van der Waals surface area contributed by atoms with E-state index in [-0.39, 0.29) is 11.9 Å². The number of carbonyl (C=O) groups is 1. The molecule has 0 fully saturated rings. The molecule has 0 aliphatic heterocycles. The summed E-state index contributed by atoms with van der Waals surface area (Å²) in [6.45, 7) is 8.42. The quantitative estimate of drug-likeness (QED) is 0.729. The number of hydrogen-bond acceptors (Lipinski definition) is 2. The molecule has 0 aliphatic carbocycles. The summed E-state index contributed by atoms with van der Waals surface area (Å²) in [6.07, 6.45) is 1.14. The molecule has 0 saturated carbocycles. The lowest BCUT2D eigenvalue weighted by atomic mass is 10.00. The average Bonchev–Trinajstić information content (AvgIpc) is 2.14. The van der Waals surface area contributed by atoms with Gasteiger partial charge in [0.2, 0.25) is 5.91 Å². The Morgan fingerprint density at radius 2 is 1.79 bits per heavy atom. The molecule has 3 atom stereocenters. The van der Waals surface area contributed by atoms with Crippen molar-refractivity contribution in [3.63, 3.8) is 0 Å². The summed E-state index contributed by atoms with van der Waals surface area (Å²) in [5.74, 6) is 0.743. The summed E-state index contributed by atoms with van der Waals surface area (Å²) in [6, 6.07) is 0.299. The van der Waals surface area contributed by atoms with Crippen molar-refractivity contribution < 1.29 is 4.79 Å². The van der Waals surface area contributed by atoms with Crippen molar-refractivity contribution in [1.82, 2.24) is 10.2 Å². The molecule has 3 unspecified atom stereocenters. The van der Waals surface area contributed by atoms with Crippen molar-refractivity contribution in [1.29, 1.82) is 0 Å². The molecule has 0 saturated heterocycles. The highest BCUT2D eigenvalue weighted by Gasteiger charge is 2.18. The third-order valence-electron chi connectivity index (χ3n) is 2.82. The van der Waals surface area contributed by atoms with Crippen LogP contribution in [0.2, 0.25) is 0 Å². The molecule has 0 spiro atoms. The summed E-state index contributed by atoms with van der Waals surface area (Å²) < 4.78 is 0. The highest BCUT2D eigenvalue weighted by atomic mass is 16.2. The minimum atomic E-state index is -0.0889. The van der Waals surface area contributed by atoms with Crippen molar-refractivity contribution in [2.24, 2.45) is 5.92 Å². The smallest absolute Gasteiger partial charge is 0.238 e. The van der Waals surface area contributed by atoms with Gasteiger partial charge >= 0.3 is 0 Å². The zero-order valence-electron chi connectivity index (χ0n) is 10.3. The molecule has 0 aliphatic rings. The summed E-state index contributed by atoms with van der Waals surface area (Å²) in [5.41, 5.74) is 0. The van der Waals surface area contributed by atoms with E-state index in [0.717, 1.165) is 6.42 Å². The van der Waals surface area contributed by atoms with Crippen molar-refractivity contribution >= 4 is 5.91 Å². The molecule has 1 N–H and O–H groups in total. The van der Waals surface area contributed by atoms with E-state index in [1.165, 1.54) is 0 Å². The second kappa shape index (κ2) is 6.02. The number of hydrogen-bond donors (Lipinski definition) is 1. The molecule has 0 radical (unpaired) electrons. The van der Waals surface area contributed by atoms with E-state index in [9.17, 15) is 4.79 Å². The predicted molar refractivity (Wildman–Crippen MR) is 60.2 cm³/mol. The molecule has 0 aromatic rings. The fourth-order valence-corrected chi connectivity index (χ4v) is 1.37. The van der Waals surface area contributed by atoms with Crippen LogP contribution in [0.3, 0.4) is 0 Å². The molecule has 0 rings (SSSR count). The molecule has 84 valence electrons. The van der Waals surface area contributed by atoms with Crippen LogP contribution in [-0.4, -0.2) is 37.0 Å². The van der Waals surface area contributed by atoms with Crippen molar-refractivity contribution in [3.8, 4) is 0 Å². The highest BCUT2D eigenvalue weighted by molar-refractivity contribution is 5.80. The second-order valence-electron chi connectivity index (χ2n) is 4.30. The van der Waals surface area contributed by atoms with Gasteiger partial charge in [-0.3, -0.25) is 4.79 Å². The lowest BCUT2D eigenvalue weighted by Gasteiger charge is -2.25. The number of likely N-dealkylation sites (N-methyl/N-ethyl adjacent to an activating group) is 1. The largest absolute Gasteiger partial charge is 0.347 e. The number of carbonyl (C=O) groups excluding carboxylic acids is 1. The maximum Gasteiger partial charge on any atom is 0.238 e. The SMILES string of the molecule is CCC(C)C(C)NC(C)C(=O)N(C)C. The molecule has 0 bridgehead atoms. The molecule has 0 aromatic heterocycles. The van der Waals surface area contributed by atoms with E-state index in [4.69, 9.17) is 0 Å². The monoisotopic (exact) mass is 200 g/mol. The normalized spacial score (nSPS) is 17.3. The second-order valence-corrected chi connectivity index (χ2v) is 4.30. The summed E-state index contributed by atoms with van der Waals surface area (Å²) in [7, 11) is 3.57. The van der Waals surface area contributed by atoms with Gasteiger partial charge in [0.1, 0.15) is 0 Å². The van der Waals surface area contributed by atoms with Crippen LogP contribution < -0.4 is 5.32 Å². The van der Waals surface area contributed by atoms with E-state index in [2.05, 4.69) is 26.1 Å². The van der Waals surface area contributed by atoms with Crippen LogP contribution in [0.4, 0.5) is 0 Å². The maximum absolute atomic E-state index is 11.6. The Hall–Kier alpha value is -0.570. The Kier molecular flexibility index (Phi) is 5.77. The molecule has 0 aromatic carbocycles. The Morgan fingerprint density at radius 1 is 1.29 bits per heavy atom. The van der Waals surface area contributed by atoms with Crippen LogP contribution in [0.25, 0.3) is 0 Å². The summed E-state index contributed by atoms with van der Waals surface area (Å²) >= 11 is 0. The molecular formula is C11H24N2O. The van der Waals surface area contributed by atoms with Crippen LogP contribution in [0, 0.1) is 5.92 Å². The fraction of sp³-hybridized carbons (Fsp3) is 0.909. The van der Waals surface area contributed by atoms with E-state index >= 15 is 0 Å². The van der Waals surface area contributed by atoms with Crippen LogP contribution in [0.15, 0.2) is 0 Å². The molecule has 3 nitrogen and oxygen atoms in total. The molecule has 0 heterocycles. The molecule has 1 amide bonds. The lowest BCUT2D eigenvalue weighted by molar-refractivity contribution is -0.130. The zero-order chi connectivity index (χ0) is 11.3. The van der Waals surface area contributed by atoms with Gasteiger partial charge in [-0.15, -0.1) is 0 Å². The topological polar surface area (TPSA) is 32.3 Å². The Labute approximate surface area is 87.9 Å². The fourth-order valence-electron chi connectivity index (χ4n) is 1.37. The van der Waals surface area contributed by atoms with E-state index in [0.29, 0.717) is 12.0 Å². The Balaban J connectivity index is 4.05. The van der Waals surface area contributed by atoms with Gasteiger partial charge in [-0.25, -0.2) is 0 Å². The van der Waals surface area contributed by atoms with Crippen molar-refractivity contribution in [3.05, 3.63) is 0 Å². The number of rotatable bonds is 5. The summed E-state index contributed by atoms with van der Waals surface area (Å²) in [4.78, 5) is 13.2. The Bertz CT molecular complexity index is 180. The van der Waals surface area contributed by atoms with Crippen LogP contribution in [-0.2, 0) is 4.79 Å². The Morgan fingerprint density at radius 3 is 2.14 bits per heavy atom. The van der Waals surface area contributed by atoms with Gasteiger partial charge in [0.05, 0.1) is 6.04 Å². The van der Waals surface area contributed by atoms with Crippen LogP contribution in [0.1, 0.15) is 34.1 Å². The molecule has 14 heavy (non-hydrogen) atoms. The standard InChI is InChI=1S/C11H24N2O/c1-7-8(2)9(3)12-10(4)11(14)13(5)6/h8-10,12H,7H2,1-6H3. The minimum absolute atomic E-state index is 0.0889. The van der Waals surface area contributed by atoms with Gasteiger partial charge in [0, 0.05) is 20.1 Å². The first-order valence-corrected chi connectivity index (χ1v) is 5.37. The third-order valence-corrected chi connectivity index (χ3v) is 2.82. The van der Waals surface area contributed by atoms with Crippen molar-refractivity contribution in [2.75, 3.05) is 14.1 Å². The maximum atomic E-state index is 11.6. The highest BCUT2D eigenvalue weighted by Crippen LogP contribution is 2.07. The minimum Gasteiger partial charge on any atom is -0.347 e. The zero-order valence-corrected chi connectivity index (χ0v) is 10.3. The van der Waals surface area contributed by atoms with Gasteiger partial charge in [0.15, 0.2) is 0 Å². The van der Waals surface area contributed by atoms with Gasteiger partial charge in [-0.05, 0) is 19.8 Å². The van der Waals surface area contributed by atoms with E-state index < -0.39 is 0 Å². The third kappa shape index (κ3) is 4.09. The van der Waals surface area contributed by atoms with Gasteiger partial charge < -0.3 is 10.2 Å². The summed E-state index contributed by atoms with van der Waals surface area (Å²) in [5, 5.41) is 3.32. The predicted octanol–water partition coefficient (Wildman–Crippen LogP) is 1.49. The van der Waals surface area contributed by atoms with Crippen LogP contribution >= 0.6 is 0 Å². The molecule has 3 heteroatoms. The number of amides is 1. The first-order valence-electron chi connectivity index (χ1n) is 5.37. The molecular weight excluding hydrogens is 176 g/mol. The first kappa shape index (κ1) is 13.4. The number of nitrogens with one attached hydrogen (secondary N) is 1. The first-order chi connectivity index (χ1) is 6.40. The van der Waals surface area contributed by atoms with Gasteiger partial charge in [-0.2, -0.15) is 0 Å². The lowest BCUT2D eigenvalue weighted by Crippen LogP contribution is -2.47. The van der Waals surface area contributed by atoms with Gasteiger partial charge in [0.25, 0.3) is 0 Å².